The summed E-state index contributed by atoms with van der Waals surface area (Å²) in [6.07, 6.45) is 0.0835. The van der Waals surface area contributed by atoms with Crippen molar-refractivity contribution >= 4 is 0 Å². The maximum atomic E-state index is 5.79. The van der Waals surface area contributed by atoms with Crippen LogP contribution >= 0.6 is 0 Å². The van der Waals surface area contributed by atoms with Crippen molar-refractivity contribution < 1.29 is 9.47 Å². The zero-order valence-corrected chi connectivity index (χ0v) is 12.1. The molecule has 0 heterocycles. The second kappa shape index (κ2) is 6.76. The Morgan fingerprint density at radius 3 is 2.22 bits per heavy atom. The van der Waals surface area contributed by atoms with Crippen molar-refractivity contribution in [2.24, 2.45) is 0 Å². The first kappa shape index (κ1) is 15.0. The molecule has 0 amide bonds. The highest BCUT2D eigenvalue weighted by molar-refractivity contribution is 5.28. The third-order valence-electron chi connectivity index (χ3n) is 2.67. The Hall–Kier alpha value is -1.06. The van der Waals surface area contributed by atoms with Gasteiger partial charge in [0.15, 0.2) is 0 Å². The van der Waals surface area contributed by atoms with Crippen molar-refractivity contribution in [3.8, 4) is 5.75 Å². The van der Waals surface area contributed by atoms with Crippen molar-refractivity contribution in [1.29, 1.82) is 0 Å². The van der Waals surface area contributed by atoms with Crippen molar-refractivity contribution in [1.82, 2.24) is 5.32 Å². The number of benzene rings is 1. The molecule has 0 aliphatic carbocycles. The molecule has 0 radical (unpaired) electrons. The maximum absolute atomic E-state index is 5.79. The van der Waals surface area contributed by atoms with Crippen LogP contribution in [0.3, 0.4) is 0 Å². The Balaban J connectivity index is 2.70. The molecule has 1 rings (SSSR count). The first-order chi connectivity index (χ1) is 8.46. The largest absolute Gasteiger partial charge is 0.497 e. The Morgan fingerprint density at radius 2 is 1.78 bits per heavy atom. The molecule has 0 aromatic heterocycles. The predicted octanol–water partition coefficient (Wildman–Crippen LogP) is 3.16. The van der Waals surface area contributed by atoms with Crippen LogP contribution in [0.5, 0.6) is 5.75 Å². The average Bonchev–Trinajstić information content (AvgIpc) is 2.33. The summed E-state index contributed by atoms with van der Waals surface area (Å²) in [5, 5.41) is 3.48. The van der Waals surface area contributed by atoms with E-state index in [1.54, 1.807) is 7.11 Å². The van der Waals surface area contributed by atoms with Crippen LogP contribution in [0.25, 0.3) is 0 Å². The van der Waals surface area contributed by atoms with Crippen LogP contribution < -0.4 is 10.1 Å². The van der Waals surface area contributed by atoms with Crippen molar-refractivity contribution in [2.75, 3.05) is 20.3 Å². The molecule has 0 fully saturated rings. The number of nitrogens with one attached hydrogen (secondary N) is 1. The summed E-state index contributed by atoms with van der Waals surface area (Å²) in [6.45, 7) is 10.0. The van der Waals surface area contributed by atoms with Crippen LogP contribution in [-0.2, 0) is 4.74 Å². The number of rotatable bonds is 6. The fourth-order valence-corrected chi connectivity index (χ4v) is 1.69. The van der Waals surface area contributed by atoms with Crippen LogP contribution in [0.2, 0.25) is 0 Å². The van der Waals surface area contributed by atoms with Crippen molar-refractivity contribution in [3.63, 3.8) is 0 Å². The van der Waals surface area contributed by atoms with E-state index in [9.17, 15) is 0 Å². The van der Waals surface area contributed by atoms with Gasteiger partial charge < -0.3 is 14.8 Å². The maximum Gasteiger partial charge on any atom is 0.118 e. The smallest absolute Gasteiger partial charge is 0.118 e. The lowest BCUT2D eigenvalue weighted by Crippen LogP contribution is -2.39. The van der Waals surface area contributed by atoms with Gasteiger partial charge in [0.1, 0.15) is 5.75 Å². The number of hydrogen-bond donors (Lipinski definition) is 1. The fourth-order valence-electron chi connectivity index (χ4n) is 1.69. The molecule has 1 unspecified atom stereocenters. The van der Waals surface area contributed by atoms with Gasteiger partial charge in [-0.3, -0.25) is 0 Å². The number of ether oxygens (including phenoxy) is 2. The van der Waals surface area contributed by atoms with Crippen molar-refractivity contribution in [2.45, 2.75) is 39.3 Å². The summed E-state index contributed by atoms with van der Waals surface area (Å²) in [5.41, 5.74) is 1.27. The zero-order chi connectivity index (χ0) is 13.6. The predicted molar refractivity (Wildman–Crippen MR) is 75.1 cm³/mol. The first-order valence-corrected chi connectivity index (χ1v) is 6.47. The first-order valence-electron chi connectivity index (χ1n) is 6.47. The number of hydrogen-bond acceptors (Lipinski definition) is 3. The van der Waals surface area contributed by atoms with E-state index in [-0.39, 0.29) is 11.6 Å². The molecule has 102 valence electrons. The van der Waals surface area contributed by atoms with Gasteiger partial charge in [-0.15, -0.1) is 0 Å². The Morgan fingerprint density at radius 1 is 1.17 bits per heavy atom. The number of methoxy groups -OCH3 is 1. The minimum atomic E-state index is 0.0835. The molecule has 0 aliphatic rings. The standard InChI is InChI=1S/C15H25NO2/c1-6-18-14(11-16-15(2,3)4)12-7-9-13(17-5)10-8-12/h7-10,14,16H,6,11H2,1-5H3. The van der Waals surface area contributed by atoms with Gasteiger partial charge in [0, 0.05) is 18.7 Å². The molecule has 1 aromatic carbocycles. The summed E-state index contributed by atoms with van der Waals surface area (Å²) in [4.78, 5) is 0. The Bertz CT molecular complexity index is 341. The second-order valence-electron chi connectivity index (χ2n) is 5.35. The van der Waals surface area contributed by atoms with Gasteiger partial charge in [0.25, 0.3) is 0 Å². The van der Waals surface area contributed by atoms with E-state index in [2.05, 4.69) is 38.2 Å². The van der Waals surface area contributed by atoms with E-state index in [1.165, 1.54) is 5.56 Å². The highest BCUT2D eigenvalue weighted by atomic mass is 16.5. The quantitative estimate of drug-likeness (QED) is 0.842. The molecular formula is C15H25NO2. The van der Waals surface area contributed by atoms with Crippen LogP contribution in [0.15, 0.2) is 24.3 Å². The summed E-state index contributed by atoms with van der Waals surface area (Å²) in [7, 11) is 1.68. The summed E-state index contributed by atoms with van der Waals surface area (Å²) in [5.74, 6) is 0.873. The van der Waals surface area contributed by atoms with E-state index < -0.39 is 0 Å². The SMILES string of the molecule is CCOC(CNC(C)(C)C)c1ccc(OC)cc1. The minimum Gasteiger partial charge on any atom is -0.497 e. The molecule has 0 saturated carbocycles. The zero-order valence-electron chi connectivity index (χ0n) is 12.1. The molecule has 3 nitrogen and oxygen atoms in total. The van der Waals surface area contributed by atoms with Gasteiger partial charge in [0.05, 0.1) is 13.2 Å². The van der Waals surface area contributed by atoms with Crippen LogP contribution in [0, 0.1) is 0 Å². The lowest BCUT2D eigenvalue weighted by molar-refractivity contribution is 0.0576. The van der Waals surface area contributed by atoms with Crippen LogP contribution in [-0.4, -0.2) is 25.8 Å². The van der Waals surface area contributed by atoms with Gasteiger partial charge >= 0.3 is 0 Å². The topological polar surface area (TPSA) is 30.5 Å². The van der Waals surface area contributed by atoms with Gasteiger partial charge in [-0.25, -0.2) is 0 Å². The van der Waals surface area contributed by atoms with E-state index in [0.717, 1.165) is 12.3 Å². The molecule has 0 saturated heterocycles. The van der Waals surface area contributed by atoms with Gasteiger partial charge in [0.2, 0.25) is 0 Å². The third-order valence-corrected chi connectivity index (χ3v) is 2.67. The lowest BCUT2D eigenvalue weighted by atomic mass is 10.1. The minimum absolute atomic E-state index is 0.0835. The highest BCUT2D eigenvalue weighted by Gasteiger charge is 2.16. The Kier molecular flexibility index (Phi) is 5.63. The summed E-state index contributed by atoms with van der Waals surface area (Å²) < 4.78 is 11.0. The fraction of sp³-hybridized carbons (Fsp3) is 0.600. The molecule has 0 spiro atoms. The molecule has 3 heteroatoms. The normalized spacial score (nSPS) is 13.4. The Labute approximate surface area is 110 Å². The third kappa shape index (κ3) is 5.07. The summed E-state index contributed by atoms with van der Waals surface area (Å²) >= 11 is 0. The van der Waals surface area contributed by atoms with Gasteiger partial charge in [-0.1, -0.05) is 12.1 Å². The molecular weight excluding hydrogens is 226 g/mol. The summed E-state index contributed by atoms with van der Waals surface area (Å²) in [6, 6.07) is 8.06. The molecule has 0 bridgehead atoms. The van der Waals surface area contributed by atoms with Crippen LogP contribution in [0.4, 0.5) is 0 Å². The monoisotopic (exact) mass is 251 g/mol. The average molecular weight is 251 g/mol. The molecule has 18 heavy (non-hydrogen) atoms. The van der Waals surface area contributed by atoms with E-state index in [4.69, 9.17) is 9.47 Å². The lowest BCUT2D eigenvalue weighted by Gasteiger charge is -2.25. The van der Waals surface area contributed by atoms with E-state index in [0.29, 0.717) is 6.61 Å². The van der Waals surface area contributed by atoms with Crippen molar-refractivity contribution in [3.05, 3.63) is 29.8 Å². The van der Waals surface area contributed by atoms with E-state index >= 15 is 0 Å². The molecule has 1 aromatic rings. The highest BCUT2D eigenvalue weighted by Crippen LogP contribution is 2.20. The van der Waals surface area contributed by atoms with Gasteiger partial charge in [-0.05, 0) is 45.4 Å². The van der Waals surface area contributed by atoms with Gasteiger partial charge in [-0.2, -0.15) is 0 Å². The van der Waals surface area contributed by atoms with Crippen LogP contribution in [0.1, 0.15) is 39.4 Å². The molecule has 1 N–H and O–H groups in total. The second-order valence-corrected chi connectivity index (χ2v) is 5.35. The molecule has 1 atom stereocenters. The van der Waals surface area contributed by atoms with E-state index in [1.807, 2.05) is 19.1 Å². The molecule has 0 aliphatic heterocycles.